The standard InChI is InChI=1S/C17H12FN3O/c18-16-6-5-14(21-11-20-10-17(16)21)8-15(22)7-12-1-3-13(9-19)4-2-12/h1-6,10-11H,7-8H2. The van der Waals surface area contributed by atoms with Crippen LogP contribution < -0.4 is 0 Å². The molecule has 3 aromatic rings. The van der Waals surface area contributed by atoms with Gasteiger partial charge in [-0.25, -0.2) is 9.37 Å². The lowest BCUT2D eigenvalue weighted by Crippen LogP contribution is -2.10. The number of ketones is 1. The van der Waals surface area contributed by atoms with Crippen LogP contribution in [0, 0.1) is 17.1 Å². The second-order valence-electron chi connectivity index (χ2n) is 5.02. The molecule has 1 aromatic carbocycles. The average molecular weight is 293 g/mol. The number of benzene rings is 1. The summed E-state index contributed by atoms with van der Waals surface area (Å²) in [6, 6.07) is 11.9. The van der Waals surface area contributed by atoms with Crippen LogP contribution in [-0.4, -0.2) is 15.2 Å². The van der Waals surface area contributed by atoms with E-state index in [-0.39, 0.29) is 24.4 Å². The summed E-state index contributed by atoms with van der Waals surface area (Å²) in [5, 5.41) is 8.75. The molecule has 2 heterocycles. The van der Waals surface area contributed by atoms with Crippen LogP contribution in [0.4, 0.5) is 4.39 Å². The van der Waals surface area contributed by atoms with Crippen LogP contribution >= 0.6 is 0 Å². The van der Waals surface area contributed by atoms with Crippen molar-refractivity contribution in [1.29, 1.82) is 5.26 Å². The van der Waals surface area contributed by atoms with Crippen molar-refractivity contribution in [2.24, 2.45) is 0 Å². The van der Waals surface area contributed by atoms with Gasteiger partial charge in [-0.15, -0.1) is 0 Å². The second kappa shape index (κ2) is 5.78. The number of nitrogens with zero attached hydrogens (tertiary/aromatic N) is 3. The van der Waals surface area contributed by atoms with Gasteiger partial charge in [0.1, 0.15) is 17.1 Å². The summed E-state index contributed by atoms with van der Waals surface area (Å²) in [6.45, 7) is 0. The van der Waals surface area contributed by atoms with Gasteiger partial charge in [0.2, 0.25) is 0 Å². The maximum absolute atomic E-state index is 13.6. The van der Waals surface area contributed by atoms with Gasteiger partial charge in [0.05, 0.1) is 24.2 Å². The molecular weight excluding hydrogens is 281 g/mol. The van der Waals surface area contributed by atoms with Gasteiger partial charge in [-0.1, -0.05) is 12.1 Å². The first-order chi connectivity index (χ1) is 10.7. The highest BCUT2D eigenvalue weighted by molar-refractivity contribution is 5.83. The van der Waals surface area contributed by atoms with Crippen LogP contribution in [0.2, 0.25) is 0 Å². The Balaban J connectivity index is 1.77. The van der Waals surface area contributed by atoms with Crippen molar-refractivity contribution in [2.75, 3.05) is 0 Å². The number of halogens is 1. The van der Waals surface area contributed by atoms with E-state index in [1.165, 1.54) is 18.6 Å². The van der Waals surface area contributed by atoms with Crippen LogP contribution in [0.3, 0.4) is 0 Å². The number of nitriles is 1. The lowest BCUT2D eigenvalue weighted by atomic mass is 10.0. The number of aromatic nitrogens is 2. The zero-order valence-corrected chi connectivity index (χ0v) is 11.7. The summed E-state index contributed by atoms with van der Waals surface area (Å²) < 4.78 is 15.2. The van der Waals surface area contributed by atoms with Gasteiger partial charge in [-0.3, -0.25) is 4.79 Å². The van der Waals surface area contributed by atoms with Crippen molar-refractivity contribution in [3.05, 3.63) is 71.6 Å². The number of carbonyl (C=O) groups excluding carboxylic acids is 1. The third-order valence-corrected chi connectivity index (χ3v) is 3.48. The Labute approximate surface area is 126 Å². The van der Waals surface area contributed by atoms with Gasteiger partial charge < -0.3 is 4.40 Å². The summed E-state index contributed by atoms with van der Waals surface area (Å²) in [5.41, 5.74) is 2.49. The first-order valence-electron chi connectivity index (χ1n) is 6.77. The molecule has 0 saturated heterocycles. The summed E-state index contributed by atoms with van der Waals surface area (Å²) in [4.78, 5) is 16.1. The maximum Gasteiger partial charge on any atom is 0.148 e. The highest BCUT2D eigenvalue weighted by atomic mass is 19.1. The third kappa shape index (κ3) is 2.72. The van der Waals surface area contributed by atoms with Gasteiger partial charge in [0.25, 0.3) is 0 Å². The molecule has 0 spiro atoms. The molecule has 4 nitrogen and oxygen atoms in total. The number of hydrogen-bond acceptors (Lipinski definition) is 3. The number of fused-ring (bicyclic) bond motifs is 1. The minimum atomic E-state index is -0.360. The number of Topliss-reactive ketones (excluding diaryl/α,β-unsaturated/α-hetero) is 1. The predicted molar refractivity (Wildman–Crippen MR) is 78.7 cm³/mol. The van der Waals surface area contributed by atoms with E-state index in [9.17, 15) is 9.18 Å². The fraction of sp³-hybridized carbons (Fsp3) is 0.118. The first kappa shape index (κ1) is 14.0. The highest BCUT2D eigenvalue weighted by Gasteiger charge is 2.10. The molecule has 108 valence electrons. The second-order valence-corrected chi connectivity index (χ2v) is 5.02. The van der Waals surface area contributed by atoms with Crippen LogP contribution in [0.15, 0.2) is 48.9 Å². The van der Waals surface area contributed by atoms with E-state index in [1.54, 1.807) is 34.7 Å². The number of hydrogen-bond donors (Lipinski definition) is 0. The van der Waals surface area contributed by atoms with Gasteiger partial charge in [-0.05, 0) is 29.8 Å². The molecule has 22 heavy (non-hydrogen) atoms. The van der Waals surface area contributed by atoms with Gasteiger partial charge >= 0.3 is 0 Å². The SMILES string of the molecule is N#Cc1ccc(CC(=O)Cc2ccc(F)c3cncn23)cc1. The number of carbonyl (C=O) groups is 1. The zero-order chi connectivity index (χ0) is 15.5. The van der Waals surface area contributed by atoms with Crippen LogP contribution in [0.1, 0.15) is 16.8 Å². The third-order valence-electron chi connectivity index (χ3n) is 3.48. The first-order valence-corrected chi connectivity index (χ1v) is 6.77. The molecule has 0 saturated carbocycles. The Morgan fingerprint density at radius 3 is 2.68 bits per heavy atom. The van der Waals surface area contributed by atoms with Crippen molar-refractivity contribution in [2.45, 2.75) is 12.8 Å². The fourth-order valence-electron chi connectivity index (χ4n) is 2.37. The van der Waals surface area contributed by atoms with Gasteiger partial charge in [-0.2, -0.15) is 5.26 Å². The van der Waals surface area contributed by atoms with E-state index in [1.807, 2.05) is 6.07 Å². The Morgan fingerprint density at radius 1 is 1.18 bits per heavy atom. The van der Waals surface area contributed by atoms with E-state index in [2.05, 4.69) is 4.98 Å². The van der Waals surface area contributed by atoms with Gasteiger partial charge in [0.15, 0.2) is 0 Å². The van der Waals surface area contributed by atoms with Crippen molar-refractivity contribution >= 4 is 11.3 Å². The van der Waals surface area contributed by atoms with Crippen molar-refractivity contribution in [3.8, 4) is 6.07 Å². The molecule has 0 fully saturated rings. The van der Waals surface area contributed by atoms with E-state index < -0.39 is 0 Å². The molecule has 3 rings (SSSR count). The van der Waals surface area contributed by atoms with Gasteiger partial charge in [0, 0.05) is 18.5 Å². The zero-order valence-electron chi connectivity index (χ0n) is 11.7. The van der Waals surface area contributed by atoms with Crippen molar-refractivity contribution in [3.63, 3.8) is 0 Å². The molecule has 0 aliphatic heterocycles. The number of pyridine rings is 1. The minimum Gasteiger partial charge on any atom is -0.300 e. The Hall–Kier alpha value is -3.00. The highest BCUT2D eigenvalue weighted by Crippen LogP contribution is 2.13. The predicted octanol–water partition coefficient (Wildman–Crippen LogP) is 2.70. The van der Waals surface area contributed by atoms with E-state index >= 15 is 0 Å². The van der Waals surface area contributed by atoms with E-state index in [0.29, 0.717) is 16.8 Å². The smallest absolute Gasteiger partial charge is 0.148 e. The number of rotatable bonds is 4. The fourth-order valence-corrected chi connectivity index (χ4v) is 2.37. The molecule has 0 aliphatic rings. The molecular formula is C17H12FN3O. The summed E-state index contributed by atoms with van der Waals surface area (Å²) in [6.07, 6.45) is 3.42. The number of imidazole rings is 1. The molecule has 0 amide bonds. The largest absolute Gasteiger partial charge is 0.300 e. The van der Waals surface area contributed by atoms with Crippen molar-refractivity contribution in [1.82, 2.24) is 9.38 Å². The molecule has 0 aliphatic carbocycles. The Kier molecular flexibility index (Phi) is 3.67. The van der Waals surface area contributed by atoms with Crippen LogP contribution in [0.5, 0.6) is 0 Å². The molecule has 0 N–H and O–H groups in total. The average Bonchev–Trinajstić information content (AvgIpc) is 3.01. The molecule has 0 bridgehead atoms. The lowest BCUT2D eigenvalue weighted by molar-refractivity contribution is -0.117. The minimum absolute atomic E-state index is 0.0197. The Bertz CT molecular complexity index is 875. The molecule has 0 unspecified atom stereocenters. The summed E-state index contributed by atoms with van der Waals surface area (Å²) >= 11 is 0. The normalized spacial score (nSPS) is 10.5. The lowest BCUT2D eigenvalue weighted by Gasteiger charge is -2.06. The van der Waals surface area contributed by atoms with E-state index in [4.69, 9.17) is 5.26 Å². The quantitative estimate of drug-likeness (QED) is 0.743. The monoisotopic (exact) mass is 293 g/mol. The van der Waals surface area contributed by atoms with E-state index in [0.717, 1.165) is 5.56 Å². The van der Waals surface area contributed by atoms with Crippen LogP contribution in [0.25, 0.3) is 5.52 Å². The Morgan fingerprint density at radius 2 is 1.95 bits per heavy atom. The molecule has 5 heteroatoms. The van der Waals surface area contributed by atoms with Crippen molar-refractivity contribution < 1.29 is 9.18 Å². The maximum atomic E-state index is 13.6. The summed E-state index contributed by atoms with van der Waals surface area (Å²) in [5.74, 6) is -0.341. The van der Waals surface area contributed by atoms with Crippen LogP contribution in [-0.2, 0) is 17.6 Å². The molecule has 2 aromatic heterocycles. The molecule has 0 radical (unpaired) electrons. The topological polar surface area (TPSA) is 58.2 Å². The summed E-state index contributed by atoms with van der Waals surface area (Å²) in [7, 11) is 0. The molecule has 0 atom stereocenters.